The molecule has 1 rings (SSSR count). The lowest BCUT2D eigenvalue weighted by Crippen LogP contribution is -2.21. The molecule has 0 aromatic carbocycles. The van der Waals surface area contributed by atoms with Gasteiger partial charge in [0.2, 0.25) is 0 Å². The molecule has 0 N–H and O–H groups in total. The molecule has 1 heterocycles. The Bertz CT molecular complexity index is 149. The Labute approximate surface area is 63.1 Å². The van der Waals surface area contributed by atoms with Gasteiger partial charge < -0.3 is 9.80 Å². The minimum atomic E-state index is 0.648. The quantitative estimate of drug-likeness (QED) is 0.542. The molecular weight excluding hydrogens is 124 g/mol. The van der Waals surface area contributed by atoms with Crippen molar-refractivity contribution in [1.82, 2.24) is 9.80 Å². The monoisotopic (exact) mass is 140 g/mol. The van der Waals surface area contributed by atoms with E-state index >= 15 is 0 Å². The SMILES string of the molecule is CC(C)C1=CN(C)CN1C. The van der Waals surface area contributed by atoms with Crippen LogP contribution in [0.4, 0.5) is 0 Å². The summed E-state index contributed by atoms with van der Waals surface area (Å²) in [5.74, 6) is 0.648. The predicted molar refractivity (Wildman–Crippen MR) is 43.3 cm³/mol. The molecular formula is C8H16N2. The van der Waals surface area contributed by atoms with Crippen LogP contribution in [0, 0.1) is 5.92 Å². The largest absolute Gasteiger partial charge is 0.361 e. The first kappa shape index (κ1) is 7.45. The Hall–Kier alpha value is -0.660. The molecule has 0 saturated carbocycles. The number of hydrogen-bond acceptors (Lipinski definition) is 2. The molecule has 0 unspecified atom stereocenters. The summed E-state index contributed by atoms with van der Waals surface area (Å²) in [6, 6.07) is 0. The molecule has 0 amide bonds. The van der Waals surface area contributed by atoms with E-state index in [0.717, 1.165) is 6.67 Å². The average molecular weight is 140 g/mol. The molecule has 10 heavy (non-hydrogen) atoms. The fraction of sp³-hybridized carbons (Fsp3) is 0.750. The lowest BCUT2D eigenvalue weighted by atomic mass is 10.1. The zero-order valence-electron chi connectivity index (χ0n) is 7.26. The van der Waals surface area contributed by atoms with Gasteiger partial charge in [-0.15, -0.1) is 0 Å². The van der Waals surface area contributed by atoms with Gasteiger partial charge in [0.25, 0.3) is 0 Å². The van der Waals surface area contributed by atoms with Crippen molar-refractivity contribution in [2.75, 3.05) is 20.8 Å². The van der Waals surface area contributed by atoms with Crippen LogP contribution in [0.5, 0.6) is 0 Å². The first-order valence-electron chi connectivity index (χ1n) is 3.74. The van der Waals surface area contributed by atoms with Crippen LogP contribution in [-0.4, -0.2) is 30.6 Å². The van der Waals surface area contributed by atoms with Crippen molar-refractivity contribution in [3.63, 3.8) is 0 Å². The third kappa shape index (κ3) is 1.25. The first-order chi connectivity index (χ1) is 4.61. The Morgan fingerprint density at radius 3 is 2.20 bits per heavy atom. The van der Waals surface area contributed by atoms with Crippen LogP contribution in [0.15, 0.2) is 11.9 Å². The molecule has 0 atom stereocenters. The minimum absolute atomic E-state index is 0.648. The summed E-state index contributed by atoms with van der Waals surface area (Å²) in [6.07, 6.45) is 2.21. The van der Waals surface area contributed by atoms with E-state index in [2.05, 4.69) is 43.9 Å². The predicted octanol–water partition coefficient (Wildman–Crippen LogP) is 1.32. The van der Waals surface area contributed by atoms with Gasteiger partial charge in [-0.3, -0.25) is 0 Å². The van der Waals surface area contributed by atoms with E-state index in [9.17, 15) is 0 Å². The summed E-state index contributed by atoms with van der Waals surface area (Å²) in [7, 11) is 4.24. The van der Waals surface area contributed by atoms with Crippen molar-refractivity contribution < 1.29 is 0 Å². The van der Waals surface area contributed by atoms with Gasteiger partial charge in [-0.05, 0) is 5.92 Å². The zero-order chi connectivity index (χ0) is 7.72. The van der Waals surface area contributed by atoms with Gasteiger partial charge in [-0.2, -0.15) is 0 Å². The van der Waals surface area contributed by atoms with E-state index in [1.54, 1.807) is 0 Å². The maximum Gasteiger partial charge on any atom is 0.0890 e. The molecule has 58 valence electrons. The first-order valence-corrected chi connectivity index (χ1v) is 3.74. The summed E-state index contributed by atoms with van der Waals surface area (Å²) in [6.45, 7) is 5.48. The fourth-order valence-electron chi connectivity index (χ4n) is 1.37. The lowest BCUT2D eigenvalue weighted by molar-refractivity contribution is 0.313. The van der Waals surface area contributed by atoms with Crippen LogP contribution >= 0.6 is 0 Å². The van der Waals surface area contributed by atoms with Gasteiger partial charge in [0.15, 0.2) is 0 Å². The summed E-state index contributed by atoms with van der Waals surface area (Å²) < 4.78 is 0. The van der Waals surface area contributed by atoms with Gasteiger partial charge in [0.1, 0.15) is 0 Å². The van der Waals surface area contributed by atoms with E-state index in [4.69, 9.17) is 0 Å². The number of nitrogens with zero attached hydrogens (tertiary/aromatic N) is 2. The number of hydrogen-bond donors (Lipinski definition) is 0. The van der Waals surface area contributed by atoms with E-state index in [0.29, 0.717) is 5.92 Å². The Kier molecular flexibility index (Phi) is 1.88. The second kappa shape index (κ2) is 2.52. The van der Waals surface area contributed by atoms with Crippen molar-refractivity contribution >= 4 is 0 Å². The van der Waals surface area contributed by atoms with E-state index in [1.165, 1.54) is 5.70 Å². The number of allylic oxidation sites excluding steroid dienone is 1. The van der Waals surface area contributed by atoms with Gasteiger partial charge in [0, 0.05) is 26.0 Å². The average Bonchev–Trinajstić information content (AvgIpc) is 2.10. The highest BCUT2D eigenvalue weighted by Crippen LogP contribution is 2.19. The summed E-state index contributed by atoms with van der Waals surface area (Å²) >= 11 is 0. The van der Waals surface area contributed by atoms with Crippen LogP contribution in [0.3, 0.4) is 0 Å². The minimum Gasteiger partial charge on any atom is -0.361 e. The molecule has 2 nitrogen and oxygen atoms in total. The third-order valence-corrected chi connectivity index (χ3v) is 1.82. The van der Waals surface area contributed by atoms with Crippen molar-refractivity contribution in [3.8, 4) is 0 Å². The standard InChI is InChI=1S/C8H16N2/c1-7(2)8-5-9(3)6-10(8)4/h5,7H,6H2,1-4H3. The molecule has 2 heteroatoms. The number of rotatable bonds is 1. The van der Waals surface area contributed by atoms with Gasteiger partial charge >= 0.3 is 0 Å². The summed E-state index contributed by atoms with van der Waals surface area (Å²) in [5, 5.41) is 0. The molecule has 0 aromatic heterocycles. The van der Waals surface area contributed by atoms with E-state index in [-0.39, 0.29) is 0 Å². The van der Waals surface area contributed by atoms with Crippen LogP contribution in [0.2, 0.25) is 0 Å². The highest BCUT2D eigenvalue weighted by Gasteiger charge is 2.16. The molecule has 0 aliphatic carbocycles. The molecule has 0 spiro atoms. The molecule has 0 bridgehead atoms. The summed E-state index contributed by atoms with van der Waals surface area (Å²) in [4.78, 5) is 4.49. The maximum absolute atomic E-state index is 2.28. The van der Waals surface area contributed by atoms with Crippen LogP contribution < -0.4 is 0 Å². The van der Waals surface area contributed by atoms with E-state index < -0.39 is 0 Å². The fourth-order valence-corrected chi connectivity index (χ4v) is 1.37. The normalized spacial score (nSPS) is 18.7. The Morgan fingerprint density at radius 2 is 2.00 bits per heavy atom. The van der Waals surface area contributed by atoms with Crippen molar-refractivity contribution in [2.45, 2.75) is 13.8 Å². The van der Waals surface area contributed by atoms with Crippen molar-refractivity contribution in [2.24, 2.45) is 5.92 Å². The smallest absolute Gasteiger partial charge is 0.0890 e. The van der Waals surface area contributed by atoms with Gasteiger partial charge in [-0.1, -0.05) is 13.8 Å². The molecule has 0 fully saturated rings. The van der Waals surface area contributed by atoms with Gasteiger partial charge in [0.05, 0.1) is 6.67 Å². The molecule has 0 aromatic rings. The highest BCUT2D eigenvalue weighted by molar-refractivity contribution is 5.06. The third-order valence-electron chi connectivity index (χ3n) is 1.82. The second-order valence-electron chi connectivity index (χ2n) is 3.31. The highest BCUT2D eigenvalue weighted by atomic mass is 15.3. The van der Waals surface area contributed by atoms with E-state index in [1.807, 2.05) is 0 Å². The molecule has 1 aliphatic rings. The Balaban J connectivity index is 2.65. The molecule has 0 radical (unpaired) electrons. The second-order valence-corrected chi connectivity index (χ2v) is 3.31. The zero-order valence-corrected chi connectivity index (χ0v) is 7.26. The van der Waals surface area contributed by atoms with Crippen molar-refractivity contribution in [3.05, 3.63) is 11.9 Å². The topological polar surface area (TPSA) is 6.48 Å². The molecule has 1 aliphatic heterocycles. The van der Waals surface area contributed by atoms with Crippen LogP contribution in [0.25, 0.3) is 0 Å². The summed E-state index contributed by atoms with van der Waals surface area (Å²) in [5.41, 5.74) is 1.43. The van der Waals surface area contributed by atoms with Gasteiger partial charge in [-0.25, -0.2) is 0 Å². The van der Waals surface area contributed by atoms with Crippen LogP contribution in [-0.2, 0) is 0 Å². The lowest BCUT2D eigenvalue weighted by Gasteiger charge is -2.18. The maximum atomic E-state index is 2.28. The van der Waals surface area contributed by atoms with Crippen molar-refractivity contribution in [1.29, 1.82) is 0 Å². The molecule has 0 saturated heterocycles. The van der Waals surface area contributed by atoms with Crippen LogP contribution in [0.1, 0.15) is 13.8 Å². The Morgan fingerprint density at radius 1 is 1.40 bits per heavy atom.